The van der Waals surface area contributed by atoms with Crippen LogP contribution in [0.3, 0.4) is 0 Å². The fourth-order valence-electron chi connectivity index (χ4n) is 1.85. The summed E-state index contributed by atoms with van der Waals surface area (Å²) in [6.45, 7) is 4.89. The van der Waals surface area contributed by atoms with Gasteiger partial charge in [-0.05, 0) is 26.2 Å². The molecular weight excluding hydrogens is 192 g/mol. The molecule has 1 atom stereocenters. The summed E-state index contributed by atoms with van der Waals surface area (Å²) in [5, 5.41) is 3.26. The lowest BCUT2D eigenvalue weighted by Crippen LogP contribution is -2.41. The van der Waals surface area contributed by atoms with Crippen LogP contribution in [0, 0.1) is 0 Å². The van der Waals surface area contributed by atoms with Crippen molar-refractivity contribution in [3.63, 3.8) is 0 Å². The Bertz CT molecular complexity index is 229. The molecule has 1 aliphatic carbocycles. The van der Waals surface area contributed by atoms with Gasteiger partial charge in [0, 0.05) is 25.7 Å². The van der Waals surface area contributed by atoms with Gasteiger partial charge >= 0.3 is 0 Å². The van der Waals surface area contributed by atoms with Gasteiger partial charge in [0.05, 0.1) is 12.6 Å². The largest absolute Gasteiger partial charge is 0.377 e. The monoisotopic (exact) mass is 212 g/mol. The summed E-state index contributed by atoms with van der Waals surface area (Å²) in [5.74, 6) is 0.222. The van der Waals surface area contributed by atoms with Crippen LogP contribution in [0.25, 0.3) is 0 Å². The quantitative estimate of drug-likeness (QED) is 0.735. The first-order valence-corrected chi connectivity index (χ1v) is 5.88. The first kappa shape index (κ1) is 10.9. The molecule has 4 heteroatoms. The number of carbonyl (C=O) groups is 1. The van der Waals surface area contributed by atoms with Crippen LogP contribution in [-0.2, 0) is 9.53 Å². The van der Waals surface area contributed by atoms with E-state index < -0.39 is 0 Å². The van der Waals surface area contributed by atoms with Crippen LogP contribution in [0.5, 0.6) is 0 Å². The molecule has 0 aromatic carbocycles. The molecular formula is C11H20N2O2. The highest BCUT2D eigenvalue weighted by Crippen LogP contribution is 2.18. The zero-order valence-corrected chi connectivity index (χ0v) is 9.37. The van der Waals surface area contributed by atoms with Crippen molar-refractivity contribution in [2.45, 2.75) is 38.3 Å². The number of hydrogen-bond acceptors (Lipinski definition) is 3. The first-order chi connectivity index (χ1) is 7.25. The molecule has 2 fully saturated rings. The molecule has 0 spiro atoms. The van der Waals surface area contributed by atoms with Crippen LogP contribution in [0.2, 0.25) is 0 Å². The number of nitrogens with one attached hydrogen (secondary N) is 1. The second-order valence-electron chi connectivity index (χ2n) is 4.53. The van der Waals surface area contributed by atoms with Crippen LogP contribution in [0.15, 0.2) is 0 Å². The number of nitrogens with zero attached hydrogens (tertiary/aromatic N) is 1. The number of ether oxygens (including phenoxy) is 1. The maximum absolute atomic E-state index is 11.8. The Kier molecular flexibility index (Phi) is 3.59. The third-order valence-corrected chi connectivity index (χ3v) is 2.92. The molecule has 15 heavy (non-hydrogen) atoms. The van der Waals surface area contributed by atoms with Gasteiger partial charge in [-0.25, -0.2) is 0 Å². The number of hydrogen-bond donors (Lipinski definition) is 1. The maximum atomic E-state index is 11.8. The summed E-state index contributed by atoms with van der Waals surface area (Å²) in [7, 11) is 0. The zero-order valence-electron chi connectivity index (χ0n) is 9.37. The molecule has 1 heterocycles. The second kappa shape index (κ2) is 4.94. The molecule has 1 saturated carbocycles. The van der Waals surface area contributed by atoms with E-state index in [1.807, 2.05) is 11.8 Å². The van der Waals surface area contributed by atoms with Crippen molar-refractivity contribution >= 4 is 5.91 Å². The summed E-state index contributed by atoms with van der Waals surface area (Å²) < 4.78 is 5.51. The van der Waals surface area contributed by atoms with Gasteiger partial charge in [0.2, 0.25) is 5.91 Å². The summed E-state index contributed by atoms with van der Waals surface area (Å²) >= 11 is 0. The van der Waals surface area contributed by atoms with Gasteiger partial charge in [-0.1, -0.05) is 0 Å². The lowest BCUT2D eigenvalue weighted by atomic mass is 10.3. The maximum Gasteiger partial charge on any atom is 0.236 e. The standard InChI is InChI=1S/C11H20N2O2/c1-9-8-13(5-2-6-15-9)11(14)7-12-10-3-4-10/h9-10,12H,2-8H2,1H3. The van der Waals surface area contributed by atoms with E-state index in [2.05, 4.69) is 5.32 Å². The van der Waals surface area contributed by atoms with E-state index in [9.17, 15) is 4.79 Å². The third kappa shape index (κ3) is 3.47. The number of amides is 1. The minimum Gasteiger partial charge on any atom is -0.377 e. The molecule has 0 bridgehead atoms. The van der Waals surface area contributed by atoms with Crippen LogP contribution < -0.4 is 5.32 Å². The molecule has 2 aliphatic rings. The smallest absolute Gasteiger partial charge is 0.236 e. The molecule has 1 unspecified atom stereocenters. The highest BCUT2D eigenvalue weighted by Gasteiger charge is 2.24. The molecule has 0 aromatic rings. The van der Waals surface area contributed by atoms with E-state index in [1.165, 1.54) is 12.8 Å². The van der Waals surface area contributed by atoms with Gasteiger partial charge in [0.15, 0.2) is 0 Å². The summed E-state index contributed by atoms with van der Waals surface area (Å²) in [5.41, 5.74) is 0. The van der Waals surface area contributed by atoms with E-state index in [0.717, 1.165) is 26.1 Å². The molecule has 2 rings (SSSR count). The topological polar surface area (TPSA) is 41.6 Å². The normalized spacial score (nSPS) is 27.5. The lowest BCUT2D eigenvalue weighted by molar-refractivity contribution is -0.130. The Hall–Kier alpha value is -0.610. The Morgan fingerprint density at radius 2 is 2.33 bits per heavy atom. The van der Waals surface area contributed by atoms with Gasteiger partial charge in [0.25, 0.3) is 0 Å². The fourth-order valence-corrected chi connectivity index (χ4v) is 1.85. The Morgan fingerprint density at radius 3 is 3.07 bits per heavy atom. The van der Waals surface area contributed by atoms with E-state index >= 15 is 0 Å². The third-order valence-electron chi connectivity index (χ3n) is 2.92. The van der Waals surface area contributed by atoms with Gasteiger partial charge in [-0.2, -0.15) is 0 Å². The van der Waals surface area contributed by atoms with Crippen molar-refractivity contribution < 1.29 is 9.53 Å². The number of rotatable bonds is 3. The Labute approximate surface area is 91.0 Å². The zero-order chi connectivity index (χ0) is 10.7. The first-order valence-electron chi connectivity index (χ1n) is 5.88. The molecule has 0 radical (unpaired) electrons. The van der Waals surface area contributed by atoms with Crippen LogP contribution in [0.4, 0.5) is 0 Å². The predicted molar refractivity (Wildman–Crippen MR) is 57.6 cm³/mol. The molecule has 0 aromatic heterocycles. The molecule has 86 valence electrons. The molecule has 1 amide bonds. The van der Waals surface area contributed by atoms with Crippen molar-refractivity contribution in [2.24, 2.45) is 0 Å². The average molecular weight is 212 g/mol. The van der Waals surface area contributed by atoms with Gasteiger partial charge in [0.1, 0.15) is 0 Å². The summed E-state index contributed by atoms with van der Waals surface area (Å²) in [4.78, 5) is 13.8. The van der Waals surface area contributed by atoms with Crippen molar-refractivity contribution in [1.29, 1.82) is 0 Å². The highest BCUT2D eigenvalue weighted by atomic mass is 16.5. The minimum absolute atomic E-state index is 0.178. The van der Waals surface area contributed by atoms with Gasteiger partial charge in [-0.15, -0.1) is 0 Å². The number of carbonyl (C=O) groups excluding carboxylic acids is 1. The lowest BCUT2D eigenvalue weighted by Gasteiger charge is -2.22. The fraction of sp³-hybridized carbons (Fsp3) is 0.909. The van der Waals surface area contributed by atoms with E-state index in [0.29, 0.717) is 12.6 Å². The molecule has 1 N–H and O–H groups in total. The molecule has 4 nitrogen and oxygen atoms in total. The average Bonchev–Trinajstić information content (AvgIpc) is 3.01. The van der Waals surface area contributed by atoms with Crippen molar-refractivity contribution in [3.8, 4) is 0 Å². The SMILES string of the molecule is CC1CN(C(=O)CNC2CC2)CCCO1. The highest BCUT2D eigenvalue weighted by molar-refractivity contribution is 5.78. The van der Waals surface area contributed by atoms with Gasteiger partial charge < -0.3 is 15.0 Å². The molecule has 1 aliphatic heterocycles. The van der Waals surface area contributed by atoms with Crippen molar-refractivity contribution in [3.05, 3.63) is 0 Å². The van der Waals surface area contributed by atoms with Crippen molar-refractivity contribution in [1.82, 2.24) is 10.2 Å². The van der Waals surface area contributed by atoms with Crippen LogP contribution in [0.1, 0.15) is 26.2 Å². The summed E-state index contributed by atoms with van der Waals surface area (Å²) in [6.07, 6.45) is 3.59. The van der Waals surface area contributed by atoms with E-state index in [-0.39, 0.29) is 12.0 Å². The van der Waals surface area contributed by atoms with E-state index in [1.54, 1.807) is 0 Å². The van der Waals surface area contributed by atoms with Crippen LogP contribution >= 0.6 is 0 Å². The molecule has 1 saturated heterocycles. The van der Waals surface area contributed by atoms with Crippen LogP contribution in [-0.4, -0.2) is 49.2 Å². The van der Waals surface area contributed by atoms with Crippen molar-refractivity contribution in [2.75, 3.05) is 26.2 Å². The Balaban J connectivity index is 1.75. The van der Waals surface area contributed by atoms with Gasteiger partial charge in [-0.3, -0.25) is 4.79 Å². The predicted octanol–water partition coefficient (Wildman–Crippen LogP) is 0.376. The van der Waals surface area contributed by atoms with E-state index in [4.69, 9.17) is 4.74 Å². The second-order valence-corrected chi connectivity index (χ2v) is 4.53. The summed E-state index contributed by atoms with van der Waals surface area (Å²) in [6, 6.07) is 0.606. The Morgan fingerprint density at radius 1 is 1.53 bits per heavy atom. The minimum atomic E-state index is 0.178.